The number of nitrogens with zero attached hydrogens (tertiary/aromatic N) is 3. The number of rotatable bonds is 6. The van der Waals surface area contributed by atoms with E-state index in [-0.39, 0.29) is 30.0 Å². The number of hydrogen-bond donors (Lipinski definition) is 1. The topological polar surface area (TPSA) is 97.6 Å². The minimum absolute atomic E-state index is 0.0768. The third-order valence-electron chi connectivity index (χ3n) is 4.98. The fraction of sp³-hybridized carbons (Fsp3) is 0.167. The number of benzene rings is 2. The summed E-state index contributed by atoms with van der Waals surface area (Å²) < 4.78 is 24.1. The number of carbonyl (C=O) groups excluding carboxylic acids is 2. The van der Waals surface area contributed by atoms with Gasteiger partial charge in [-0.05, 0) is 61.5 Å². The first-order chi connectivity index (χ1) is 15.8. The molecule has 2 amide bonds. The van der Waals surface area contributed by atoms with E-state index >= 15 is 0 Å². The van der Waals surface area contributed by atoms with Crippen molar-refractivity contribution in [3.05, 3.63) is 71.7 Å². The predicted molar refractivity (Wildman–Crippen MR) is 121 cm³/mol. The Balaban J connectivity index is 1.58. The lowest BCUT2D eigenvalue weighted by Crippen LogP contribution is -2.27. The highest BCUT2D eigenvalue weighted by Crippen LogP contribution is 2.28. The van der Waals surface area contributed by atoms with E-state index in [0.29, 0.717) is 39.3 Å². The zero-order chi connectivity index (χ0) is 23.5. The van der Waals surface area contributed by atoms with Gasteiger partial charge in [-0.15, -0.1) is 0 Å². The van der Waals surface area contributed by atoms with Gasteiger partial charge in [0.1, 0.15) is 11.6 Å². The van der Waals surface area contributed by atoms with Crippen LogP contribution in [0.3, 0.4) is 0 Å². The summed E-state index contributed by atoms with van der Waals surface area (Å²) in [5.41, 5.74) is 2.70. The van der Waals surface area contributed by atoms with Crippen molar-refractivity contribution in [2.75, 3.05) is 26.0 Å². The van der Waals surface area contributed by atoms with E-state index in [4.69, 9.17) is 9.26 Å². The smallest absolute Gasteiger partial charge is 0.259 e. The lowest BCUT2D eigenvalue weighted by molar-refractivity contribution is -0.130. The molecule has 0 unspecified atom stereocenters. The summed E-state index contributed by atoms with van der Waals surface area (Å²) in [4.78, 5) is 30.7. The number of fused-ring (bicyclic) bond motifs is 1. The first-order valence-electron chi connectivity index (χ1n) is 10.1. The fourth-order valence-corrected chi connectivity index (χ4v) is 3.15. The van der Waals surface area contributed by atoms with Crippen molar-refractivity contribution < 1.29 is 23.2 Å². The molecule has 0 saturated heterocycles. The maximum absolute atomic E-state index is 13.3. The van der Waals surface area contributed by atoms with Gasteiger partial charge in [-0.3, -0.25) is 9.59 Å². The third-order valence-corrected chi connectivity index (χ3v) is 4.98. The zero-order valence-electron chi connectivity index (χ0n) is 18.3. The van der Waals surface area contributed by atoms with Crippen molar-refractivity contribution in [2.45, 2.75) is 6.92 Å². The molecule has 0 aliphatic rings. The molecule has 0 spiro atoms. The normalized spacial score (nSPS) is 10.8. The number of anilines is 1. The number of nitrogens with one attached hydrogen (secondary N) is 1. The number of aryl methyl sites for hydroxylation is 1. The van der Waals surface area contributed by atoms with Gasteiger partial charge < -0.3 is 19.5 Å². The van der Waals surface area contributed by atoms with E-state index in [1.165, 1.54) is 17.0 Å². The van der Waals surface area contributed by atoms with E-state index in [9.17, 15) is 14.0 Å². The van der Waals surface area contributed by atoms with Crippen molar-refractivity contribution in [1.82, 2.24) is 15.0 Å². The molecular weight excluding hydrogens is 427 g/mol. The maximum Gasteiger partial charge on any atom is 0.259 e. The fourth-order valence-electron chi connectivity index (χ4n) is 3.15. The number of hydrogen-bond acceptors (Lipinski definition) is 6. The number of pyridine rings is 1. The second-order valence-corrected chi connectivity index (χ2v) is 7.57. The molecule has 0 aliphatic carbocycles. The highest BCUT2D eigenvalue weighted by molar-refractivity contribution is 6.13. The van der Waals surface area contributed by atoms with E-state index in [1.54, 1.807) is 63.5 Å². The Morgan fingerprint density at radius 2 is 1.79 bits per heavy atom. The highest BCUT2D eigenvalue weighted by Gasteiger charge is 2.19. The van der Waals surface area contributed by atoms with Gasteiger partial charge in [0.15, 0.2) is 6.61 Å². The van der Waals surface area contributed by atoms with Crippen LogP contribution in [0.5, 0.6) is 5.75 Å². The largest absolute Gasteiger partial charge is 0.484 e. The van der Waals surface area contributed by atoms with Gasteiger partial charge in [0, 0.05) is 25.3 Å². The van der Waals surface area contributed by atoms with Crippen LogP contribution in [0.2, 0.25) is 0 Å². The summed E-state index contributed by atoms with van der Waals surface area (Å²) in [6, 6.07) is 14.1. The molecule has 0 fully saturated rings. The Morgan fingerprint density at radius 1 is 1.09 bits per heavy atom. The minimum Gasteiger partial charge on any atom is -0.484 e. The van der Waals surface area contributed by atoms with Gasteiger partial charge >= 0.3 is 0 Å². The van der Waals surface area contributed by atoms with Crippen LogP contribution in [-0.2, 0) is 4.79 Å². The molecule has 33 heavy (non-hydrogen) atoms. The molecule has 4 rings (SSSR count). The molecule has 0 radical (unpaired) electrons. The van der Waals surface area contributed by atoms with E-state index in [0.717, 1.165) is 0 Å². The number of ether oxygens (including phenoxy) is 1. The summed E-state index contributed by atoms with van der Waals surface area (Å²) in [6.07, 6.45) is 0. The van der Waals surface area contributed by atoms with Crippen LogP contribution in [0.15, 0.2) is 59.1 Å². The molecule has 9 heteroatoms. The van der Waals surface area contributed by atoms with Crippen LogP contribution >= 0.6 is 0 Å². The van der Waals surface area contributed by atoms with Crippen LogP contribution in [0.25, 0.3) is 22.4 Å². The first kappa shape index (κ1) is 21.9. The summed E-state index contributed by atoms with van der Waals surface area (Å²) in [5, 5.41) is 7.27. The molecule has 8 nitrogen and oxygen atoms in total. The SMILES string of the molecule is Cc1noc2nc(-c3ccc(F)cc3)cc(C(=O)Nc3ccc(OCC(=O)N(C)C)cc3)c12. The average molecular weight is 448 g/mol. The summed E-state index contributed by atoms with van der Waals surface area (Å²) in [5.74, 6) is -0.404. The highest BCUT2D eigenvalue weighted by atomic mass is 19.1. The monoisotopic (exact) mass is 448 g/mol. The van der Waals surface area contributed by atoms with Gasteiger partial charge in [-0.2, -0.15) is 0 Å². The Bertz CT molecular complexity index is 1320. The third kappa shape index (κ3) is 4.82. The van der Waals surface area contributed by atoms with Crippen molar-refractivity contribution >= 4 is 28.6 Å². The van der Waals surface area contributed by atoms with Crippen molar-refractivity contribution in [2.24, 2.45) is 0 Å². The summed E-state index contributed by atoms with van der Waals surface area (Å²) >= 11 is 0. The molecule has 0 aliphatic heterocycles. The Morgan fingerprint density at radius 3 is 2.45 bits per heavy atom. The first-order valence-corrected chi connectivity index (χ1v) is 10.1. The molecule has 1 N–H and O–H groups in total. The van der Waals surface area contributed by atoms with E-state index in [2.05, 4.69) is 15.5 Å². The molecule has 2 aromatic heterocycles. The molecule has 2 aromatic carbocycles. The molecular formula is C24H21FN4O4. The Hall–Kier alpha value is -4.27. The lowest BCUT2D eigenvalue weighted by atomic mass is 10.0. The molecule has 4 aromatic rings. The van der Waals surface area contributed by atoms with Crippen molar-refractivity contribution in [3.8, 4) is 17.0 Å². The lowest BCUT2D eigenvalue weighted by Gasteiger charge is -2.12. The standard InChI is InChI=1S/C24H21FN4O4/c1-14-22-19(12-20(27-24(22)33-28-14)15-4-6-16(25)7-5-15)23(31)26-17-8-10-18(11-9-17)32-13-21(30)29(2)3/h4-12H,13H2,1-3H3,(H,26,31). The number of halogens is 1. The predicted octanol–water partition coefficient (Wildman–Crippen LogP) is 4.06. The number of aromatic nitrogens is 2. The van der Waals surface area contributed by atoms with Crippen LogP contribution < -0.4 is 10.1 Å². The molecule has 0 atom stereocenters. The van der Waals surface area contributed by atoms with Crippen LogP contribution in [0.1, 0.15) is 16.1 Å². The Labute approximate surface area is 189 Å². The molecule has 2 heterocycles. The minimum atomic E-state index is -0.381. The van der Waals surface area contributed by atoms with Gasteiger partial charge in [-0.1, -0.05) is 5.16 Å². The van der Waals surface area contributed by atoms with Gasteiger partial charge in [0.05, 0.1) is 22.3 Å². The van der Waals surface area contributed by atoms with Crippen LogP contribution in [0, 0.1) is 12.7 Å². The van der Waals surface area contributed by atoms with Gasteiger partial charge in [0.2, 0.25) is 0 Å². The molecule has 0 bridgehead atoms. The van der Waals surface area contributed by atoms with Crippen LogP contribution in [0.4, 0.5) is 10.1 Å². The molecule has 168 valence electrons. The maximum atomic E-state index is 13.3. The summed E-state index contributed by atoms with van der Waals surface area (Å²) in [6.45, 7) is 1.65. The number of carbonyl (C=O) groups is 2. The number of likely N-dealkylation sites (N-methyl/N-ethyl adjacent to an activating group) is 1. The van der Waals surface area contributed by atoms with E-state index < -0.39 is 0 Å². The summed E-state index contributed by atoms with van der Waals surface area (Å²) in [7, 11) is 3.30. The van der Waals surface area contributed by atoms with E-state index in [1.807, 2.05) is 0 Å². The second-order valence-electron chi connectivity index (χ2n) is 7.57. The number of amides is 2. The average Bonchev–Trinajstić information content (AvgIpc) is 3.18. The van der Waals surface area contributed by atoms with Gasteiger partial charge in [-0.25, -0.2) is 9.37 Å². The quantitative estimate of drug-likeness (QED) is 0.478. The van der Waals surface area contributed by atoms with Gasteiger partial charge in [0.25, 0.3) is 17.5 Å². The Kier molecular flexibility index (Phi) is 6.03. The molecule has 0 saturated carbocycles. The second kappa shape index (κ2) is 9.07. The van der Waals surface area contributed by atoms with Crippen molar-refractivity contribution in [3.63, 3.8) is 0 Å². The van der Waals surface area contributed by atoms with Crippen molar-refractivity contribution in [1.29, 1.82) is 0 Å². The zero-order valence-corrected chi connectivity index (χ0v) is 18.3. The van der Waals surface area contributed by atoms with Crippen LogP contribution in [-0.4, -0.2) is 47.6 Å².